The van der Waals surface area contributed by atoms with Crippen molar-refractivity contribution < 1.29 is 37.1 Å². The van der Waals surface area contributed by atoms with Crippen LogP contribution < -0.4 is 10.1 Å². The van der Waals surface area contributed by atoms with E-state index in [9.17, 15) is 27.6 Å². The number of amides is 2. The molecule has 2 aliphatic carbocycles. The average molecular weight is 711 g/mol. The van der Waals surface area contributed by atoms with Gasteiger partial charge in [-0.05, 0) is 63.6 Å². The Morgan fingerprint density at radius 1 is 1.14 bits per heavy atom. The summed E-state index contributed by atoms with van der Waals surface area (Å²) in [6, 6.07) is 6.29. The monoisotopic (exact) mass is 710 g/mol. The summed E-state index contributed by atoms with van der Waals surface area (Å²) in [5.74, 6) is -3.54. The lowest BCUT2D eigenvalue weighted by molar-refractivity contribution is -0.161. The second-order valence-electron chi connectivity index (χ2n) is 16.0. The number of carbonyl (C=O) groups excluding carboxylic acids is 4. The SMILES string of the molecule is C=C[C@@H]1C[C@]1(NC(=O)[C@@H]1C[C@@H](Oc2ccnc(-c3cccn3C)c2)CN1C(=O)[C@@H](CC(=O)OC(C)(C)C)C(C)(C)C)C(=O)CS(=O)(=O)C1CC1. The molecule has 3 heterocycles. The van der Waals surface area contributed by atoms with Crippen molar-refractivity contribution in [1.29, 1.82) is 0 Å². The third-order valence-corrected chi connectivity index (χ3v) is 11.9. The molecule has 0 radical (unpaired) electrons. The van der Waals surface area contributed by atoms with Crippen LogP contribution in [0.4, 0.5) is 0 Å². The van der Waals surface area contributed by atoms with E-state index in [1.807, 2.05) is 50.7 Å². The van der Waals surface area contributed by atoms with E-state index in [2.05, 4.69) is 16.9 Å². The van der Waals surface area contributed by atoms with E-state index in [1.54, 1.807) is 45.2 Å². The first-order valence-electron chi connectivity index (χ1n) is 17.2. The quantitative estimate of drug-likeness (QED) is 0.240. The van der Waals surface area contributed by atoms with Gasteiger partial charge in [0.05, 0.1) is 35.5 Å². The molecule has 0 spiro atoms. The minimum Gasteiger partial charge on any atom is -0.488 e. The molecule has 13 heteroatoms. The molecule has 1 aliphatic heterocycles. The van der Waals surface area contributed by atoms with E-state index in [0.29, 0.717) is 24.3 Å². The number of likely N-dealkylation sites (tertiary alicyclic amines) is 1. The lowest BCUT2D eigenvalue weighted by atomic mass is 9.77. The summed E-state index contributed by atoms with van der Waals surface area (Å²) in [5.41, 5.74) is -1.28. The highest BCUT2D eigenvalue weighted by atomic mass is 32.2. The molecule has 0 unspecified atom stereocenters. The lowest BCUT2D eigenvalue weighted by Crippen LogP contribution is -2.55. The number of esters is 1. The Morgan fingerprint density at radius 2 is 1.84 bits per heavy atom. The number of pyridine rings is 1. The smallest absolute Gasteiger partial charge is 0.307 e. The van der Waals surface area contributed by atoms with Gasteiger partial charge in [0.1, 0.15) is 34.8 Å². The highest BCUT2D eigenvalue weighted by molar-refractivity contribution is 7.93. The molecule has 2 amide bonds. The van der Waals surface area contributed by atoms with Gasteiger partial charge in [-0.15, -0.1) is 6.58 Å². The minimum absolute atomic E-state index is 0.0432. The maximum absolute atomic E-state index is 14.5. The largest absolute Gasteiger partial charge is 0.488 e. The number of ether oxygens (including phenoxy) is 2. The highest BCUT2D eigenvalue weighted by Gasteiger charge is 2.61. The molecule has 1 saturated heterocycles. The summed E-state index contributed by atoms with van der Waals surface area (Å²) in [5, 5.41) is 2.35. The van der Waals surface area contributed by atoms with E-state index in [1.165, 1.54) is 4.90 Å². The molecular weight excluding hydrogens is 660 g/mol. The van der Waals surface area contributed by atoms with Gasteiger partial charge in [0.2, 0.25) is 11.8 Å². The van der Waals surface area contributed by atoms with Crippen LogP contribution in [-0.2, 0) is 40.8 Å². The molecule has 5 atom stereocenters. The van der Waals surface area contributed by atoms with Crippen molar-refractivity contribution in [3.05, 3.63) is 49.3 Å². The number of hydrogen-bond donors (Lipinski definition) is 1. The molecule has 12 nitrogen and oxygen atoms in total. The second kappa shape index (κ2) is 13.6. The number of aryl methyl sites for hydroxylation is 1. The van der Waals surface area contributed by atoms with Crippen LogP contribution in [0.3, 0.4) is 0 Å². The fourth-order valence-corrected chi connectivity index (χ4v) is 8.41. The van der Waals surface area contributed by atoms with Crippen LogP contribution in [0.1, 0.15) is 73.6 Å². The summed E-state index contributed by atoms with van der Waals surface area (Å²) < 4.78 is 39.4. The van der Waals surface area contributed by atoms with Crippen LogP contribution in [0.5, 0.6) is 5.75 Å². The Hall–Kier alpha value is -4.00. The minimum atomic E-state index is -3.63. The van der Waals surface area contributed by atoms with Crippen LogP contribution in [-0.4, -0.2) is 87.3 Å². The van der Waals surface area contributed by atoms with E-state index in [0.717, 1.165) is 5.69 Å². The van der Waals surface area contributed by atoms with E-state index >= 15 is 0 Å². The fourth-order valence-electron chi connectivity index (χ4n) is 6.70. The van der Waals surface area contributed by atoms with Crippen molar-refractivity contribution >= 4 is 33.4 Å². The van der Waals surface area contributed by atoms with E-state index < -0.39 is 84.9 Å². The number of sulfone groups is 1. The molecule has 0 aromatic carbocycles. The number of ketones is 1. The number of aromatic nitrogens is 2. The Bertz CT molecular complexity index is 1770. The average Bonchev–Trinajstić information content (AvgIpc) is 3.90. The van der Waals surface area contributed by atoms with Crippen molar-refractivity contribution in [3.63, 3.8) is 0 Å². The first-order valence-corrected chi connectivity index (χ1v) is 18.9. The Labute approximate surface area is 294 Å². The predicted octanol–water partition coefficient (Wildman–Crippen LogP) is 4.04. The zero-order valence-corrected chi connectivity index (χ0v) is 30.9. The summed E-state index contributed by atoms with van der Waals surface area (Å²) in [6.07, 6.45) is 5.67. The van der Waals surface area contributed by atoms with Crippen LogP contribution in [0, 0.1) is 17.3 Å². The van der Waals surface area contributed by atoms with Gasteiger partial charge < -0.3 is 24.3 Å². The molecule has 2 aromatic rings. The van der Waals surface area contributed by atoms with Gasteiger partial charge in [-0.3, -0.25) is 24.2 Å². The normalized spacial score (nSPS) is 24.3. The number of nitrogens with zero attached hydrogens (tertiary/aromatic N) is 3. The molecule has 50 heavy (non-hydrogen) atoms. The number of Topliss-reactive ketones (excluding diaryl/α,β-unsaturated/α-hetero) is 1. The molecule has 5 rings (SSSR count). The van der Waals surface area contributed by atoms with Crippen molar-refractivity contribution in [2.45, 2.75) is 102 Å². The number of carbonyl (C=O) groups is 4. The zero-order valence-electron chi connectivity index (χ0n) is 30.1. The molecule has 0 bridgehead atoms. The first-order chi connectivity index (χ1) is 23.2. The summed E-state index contributed by atoms with van der Waals surface area (Å²) in [7, 11) is -1.72. The van der Waals surface area contributed by atoms with Gasteiger partial charge in [-0.2, -0.15) is 0 Å². The van der Waals surface area contributed by atoms with Gasteiger partial charge in [0.25, 0.3) is 0 Å². The highest BCUT2D eigenvalue weighted by Crippen LogP contribution is 2.46. The third-order valence-electron chi connectivity index (χ3n) is 9.73. The maximum Gasteiger partial charge on any atom is 0.307 e. The van der Waals surface area contributed by atoms with Gasteiger partial charge in [-0.25, -0.2) is 8.42 Å². The second-order valence-corrected chi connectivity index (χ2v) is 18.3. The molecule has 272 valence electrons. The van der Waals surface area contributed by atoms with Crippen LogP contribution >= 0.6 is 0 Å². The standard InChI is InChI=1S/C37H50N4O8S/c1-9-23-20-37(23,31(42)22-50(46,47)26-12-13-26)39-33(44)30-18-25(48-24-14-15-38-28(17-24)29-11-10-16-40(29)8)21-41(30)34(45)27(35(2,3)4)19-32(43)49-36(5,6)7/h9-11,14-17,23,25-27,30H,1,12-13,18-22H2,2-8H3,(H,39,44)/t23-,25-,27-,30+,37-/m1/s1. The van der Waals surface area contributed by atoms with Gasteiger partial charge >= 0.3 is 5.97 Å². The zero-order chi connectivity index (χ0) is 36.8. The Morgan fingerprint density at radius 3 is 2.40 bits per heavy atom. The van der Waals surface area contributed by atoms with Crippen molar-refractivity contribution in [2.24, 2.45) is 24.3 Å². The van der Waals surface area contributed by atoms with Gasteiger partial charge in [-0.1, -0.05) is 26.8 Å². The van der Waals surface area contributed by atoms with Crippen molar-refractivity contribution in [2.75, 3.05) is 12.3 Å². The predicted molar refractivity (Wildman–Crippen MR) is 188 cm³/mol. The first kappa shape index (κ1) is 37.3. The summed E-state index contributed by atoms with van der Waals surface area (Å²) in [4.78, 5) is 61.1. The fraction of sp³-hybridized carbons (Fsp3) is 0.595. The van der Waals surface area contributed by atoms with Crippen LogP contribution in [0.2, 0.25) is 0 Å². The topological polar surface area (TPSA) is 154 Å². The third kappa shape index (κ3) is 8.30. The van der Waals surface area contributed by atoms with Crippen LogP contribution in [0.15, 0.2) is 49.3 Å². The van der Waals surface area contributed by atoms with E-state index in [-0.39, 0.29) is 25.8 Å². The maximum atomic E-state index is 14.5. The van der Waals surface area contributed by atoms with Crippen LogP contribution in [0.25, 0.3) is 11.4 Å². The van der Waals surface area contributed by atoms with Gasteiger partial charge in [0.15, 0.2) is 15.6 Å². The molecule has 1 N–H and O–H groups in total. The van der Waals surface area contributed by atoms with E-state index in [4.69, 9.17) is 9.47 Å². The van der Waals surface area contributed by atoms with Crippen molar-refractivity contribution in [3.8, 4) is 17.1 Å². The Kier molecular flexibility index (Phi) is 10.1. The summed E-state index contributed by atoms with van der Waals surface area (Å²) >= 11 is 0. The molecule has 2 aromatic heterocycles. The molecule has 2 saturated carbocycles. The number of rotatable bonds is 13. The molecule has 3 aliphatic rings. The Balaban J connectivity index is 1.42. The van der Waals surface area contributed by atoms with Crippen molar-refractivity contribution in [1.82, 2.24) is 19.8 Å². The van der Waals surface area contributed by atoms with Gasteiger partial charge in [0, 0.05) is 37.8 Å². The summed E-state index contributed by atoms with van der Waals surface area (Å²) in [6.45, 7) is 14.7. The number of nitrogens with one attached hydrogen (secondary N) is 1. The number of hydrogen-bond acceptors (Lipinski definition) is 9. The molecule has 3 fully saturated rings. The molecular formula is C37H50N4O8S. The lowest BCUT2D eigenvalue weighted by Gasteiger charge is -2.35.